The highest BCUT2D eigenvalue weighted by Crippen LogP contribution is 2.30. The maximum atomic E-state index is 12.4. The summed E-state index contributed by atoms with van der Waals surface area (Å²) in [7, 11) is 0. The highest BCUT2D eigenvalue weighted by atomic mass is 16.6. The van der Waals surface area contributed by atoms with Crippen LogP contribution in [-0.4, -0.2) is 33.4 Å². The summed E-state index contributed by atoms with van der Waals surface area (Å²) in [4.78, 5) is 43.4. The van der Waals surface area contributed by atoms with Crippen molar-refractivity contribution in [2.24, 2.45) is 5.92 Å². The van der Waals surface area contributed by atoms with Gasteiger partial charge in [-0.2, -0.15) is 0 Å². The van der Waals surface area contributed by atoms with E-state index in [-0.39, 0.29) is 17.6 Å². The smallest absolute Gasteiger partial charge is 0.355 e. The van der Waals surface area contributed by atoms with Crippen molar-refractivity contribution in [3.05, 3.63) is 81.7 Å². The second-order valence-corrected chi connectivity index (χ2v) is 7.77. The van der Waals surface area contributed by atoms with Gasteiger partial charge >= 0.3 is 11.7 Å². The number of hydrazine groups is 1. The Balaban J connectivity index is 1.75. The predicted molar refractivity (Wildman–Crippen MR) is 126 cm³/mol. The van der Waals surface area contributed by atoms with Gasteiger partial charge < -0.3 is 10.1 Å². The minimum atomic E-state index is -0.664. The number of rotatable bonds is 9. The number of aryl methyl sites for hydroxylation is 1. The lowest BCUT2D eigenvalue weighted by Crippen LogP contribution is -2.30. The highest BCUT2D eigenvalue weighted by molar-refractivity contribution is 5.96. The summed E-state index contributed by atoms with van der Waals surface area (Å²) in [5, 5.41) is 14.6. The van der Waals surface area contributed by atoms with Crippen molar-refractivity contribution in [2.45, 2.75) is 20.8 Å². The van der Waals surface area contributed by atoms with Crippen molar-refractivity contribution < 1.29 is 19.2 Å². The van der Waals surface area contributed by atoms with Crippen LogP contribution in [0.3, 0.4) is 0 Å². The van der Waals surface area contributed by atoms with Crippen LogP contribution in [0, 0.1) is 23.0 Å². The maximum absolute atomic E-state index is 12.4. The largest absolute Gasteiger partial charge is 0.462 e. The molecule has 3 aromatic rings. The van der Waals surface area contributed by atoms with E-state index in [0.29, 0.717) is 23.4 Å². The first-order valence-corrected chi connectivity index (χ1v) is 10.4. The Labute approximate surface area is 195 Å². The molecule has 0 fully saturated rings. The standard InChI is InChI=1S/C23H24N6O5/c1-14(2)12-34-23(31)16-8-10-17(11-9-16)26-20-19(29(32)33)21(25-13-24-20)27-28-22(30)18-7-5-4-6-15(18)3/h4-11,13-14H,12H2,1-3H3,(H,28,30)(H2,24,25,26,27). The van der Waals surface area contributed by atoms with Crippen molar-refractivity contribution >= 4 is 34.9 Å². The minimum Gasteiger partial charge on any atom is -0.462 e. The van der Waals surface area contributed by atoms with Crippen molar-refractivity contribution in [1.82, 2.24) is 15.4 Å². The molecule has 0 saturated carbocycles. The summed E-state index contributed by atoms with van der Waals surface area (Å²) >= 11 is 0. The first kappa shape index (κ1) is 24.1. The van der Waals surface area contributed by atoms with Crippen molar-refractivity contribution in [3.8, 4) is 0 Å². The van der Waals surface area contributed by atoms with Gasteiger partial charge in [0.25, 0.3) is 5.91 Å². The van der Waals surface area contributed by atoms with E-state index in [1.165, 1.54) is 0 Å². The van der Waals surface area contributed by atoms with Gasteiger partial charge in [0.2, 0.25) is 11.6 Å². The molecule has 0 unspecified atom stereocenters. The summed E-state index contributed by atoms with van der Waals surface area (Å²) in [6.07, 6.45) is 1.12. The van der Waals surface area contributed by atoms with Crippen LogP contribution in [0.25, 0.3) is 0 Å². The van der Waals surface area contributed by atoms with Crippen molar-refractivity contribution in [1.29, 1.82) is 0 Å². The third-order valence-corrected chi connectivity index (χ3v) is 4.62. The van der Waals surface area contributed by atoms with Gasteiger partial charge in [-0.05, 0) is 48.7 Å². The third kappa shape index (κ3) is 6.03. The van der Waals surface area contributed by atoms with E-state index in [0.717, 1.165) is 11.9 Å². The summed E-state index contributed by atoms with van der Waals surface area (Å²) in [6.45, 7) is 5.96. The zero-order chi connectivity index (χ0) is 24.7. The van der Waals surface area contributed by atoms with Crippen molar-refractivity contribution in [2.75, 3.05) is 17.3 Å². The van der Waals surface area contributed by atoms with Gasteiger partial charge in [0.1, 0.15) is 6.33 Å². The fraction of sp³-hybridized carbons (Fsp3) is 0.217. The molecule has 0 spiro atoms. The van der Waals surface area contributed by atoms with Crippen LogP contribution in [0.1, 0.15) is 40.1 Å². The Morgan fingerprint density at radius 1 is 1.06 bits per heavy atom. The number of hydrogen-bond donors (Lipinski definition) is 3. The second kappa shape index (κ2) is 10.9. The van der Waals surface area contributed by atoms with Gasteiger partial charge in [0.05, 0.1) is 17.1 Å². The van der Waals surface area contributed by atoms with E-state index in [1.54, 1.807) is 55.5 Å². The molecule has 0 radical (unpaired) electrons. The lowest BCUT2D eigenvalue weighted by atomic mass is 10.1. The highest BCUT2D eigenvalue weighted by Gasteiger charge is 2.24. The maximum Gasteiger partial charge on any atom is 0.355 e. The second-order valence-electron chi connectivity index (χ2n) is 7.77. The molecule has 0 atom stereocenters. The number of ether oxygens (including phenoxy) is 1. The van der Waals surface area contributed by atoms with Crippen LogP contribution in [-0.2, 0) is 4.74 Å². The molecule has 3 rings (SSSR count). The van der Waals surface area contributed by atoms with E-state index in [1.807, 2.05) is 13.8 Å². The van der Waals surface area contributed by atoms with Crippen LogP contribution < -0.4 is 16.2 Å². The topological polar surface area (TPSA) is 148 Å². The average Bonchev–Trinajstić information content (AvgIpc) is 2.81. The Morgan fingerprint density at radius 3 is 2.38 bits per heavy atom. The normalized spacial score (nSPS) is 10.5. The van der Waals surface area contributed by atoms with Gasteiger partial charge in [-0.3, -0.25) is 25.8 Å². The van der Waals surface area contributed by atoms with E-state index in [4.69, 9.17) is 4.74 Å². The first-order valence-electron chi connectivity index (χ1n) is 10.4. The molecule has 11 heteroatoms. The summed E-state index contributed by atoms with van der Waals surface area (Å²) in [5.74, 6) is -1.00. The summed E-state index contributed by atoms with van der Waals surface area (Å²) < 4.78 is 5.19. The number of nitrogens with zero attached hydrogens (tertiary/aromatic N) is 3. The van der Waals surface area contributed by atoms with Gasteiger partial charge in [0.15, 0.2) is 0 Å². The number of nitro groups is 1. The lowest BCUT2D eigenvalue weighted by Gasteiger charge is -2.12. The Morgan fingerprint density at radius 2 is 1.74 bits per heavy atom. The van der Waals surface area contributed by atoms with Crippen LogP contribution in [0.15, 0.2) is 54.9 Å². The number of esters is 1. The van der Waals surface area contributed by atoms with Gasteiger partial charge in [0, 0.05) is 11.3 Å². The third-order valence-electron chi connectivity index (χ3n) is 4.62. The van der Waals surface area contributed by atoms with Crippen LogP contribution >= 0.6 is 0 Å². The molecule has 1 heterocycles. The monoisotopic (exact) mass is 464 g/mol. The Hall–Kier alpha value is -4.54. The molecule has 0 saturated heterocycles. The van der Waals surface area contributed by atoms with Crippen LogP contribution in [0.2, 0.25) is 0 Å². The quantitative estimate of drug-likeness (QED) is 0.243. The molecule has 0 bridgehead atoms. The zero-order valence-electron chi connectivity index (χ0n) is 18.9. The molecule has 34 heavy (non-hydrogen) atoms. The molecule has 1 amide bonds. The molecule has 1 aromatic heterocycles. The van der Waals surface area contributed by atoms with Gasteiger partial charge in [-0.1, -0.05) is 32.0 Å². The summed E-state index contributed by atoms with van der Waals surface area (Å²) in [6, 6.07) is 13.2. The number of anilines is 3. The lowest BCUT2D eigenvalue weighted by molar-refractivity contribution is -0.383. The van der Waals surface area contributed by atoms with E-state index >= 15 is 0 Å². The van der Waals surface area contributed by atoms with E-state index < -0.39 is 22.5 Å². The molecule has 0 aliphatic rings. The van der Waals surface area contributed by atoms with Gasteiger partial charge in [-0.15, -0.1) is 0 Å². The Bertz CT molecular complexity index is 1200. The molecule has 11 nitrogen and oxygen atoms in total. The number of carbonyl (C=O) groups is 2. The molecule has 0 aliphatic heterocycles. The van der Waals surface area contributed by atoms with Crippen LogP contribution in [0.5, 0.6) is 0 Å². The van der Waals surface area contributed by atoms with Crippen molar-refractivity contribution in [3.63, 3.8) is 0 Å². The number of amides is 1. The zero-order valence-corrected chi connectivity index (χ0v) is 18.9. The number of carbonyl (C=O) groups excluding carboxylic acids is 2. The average molecular weight is 464 g/mol. The van der Waals surface area contributed by atoms with Gasteiger partial charge in [-0.25, -0.2) is 14.8 Å². The molecule has 176 valence electrons. The molecular formula is C23H24N6O5. The SMILES string of the molecule is Cc1ccccc1C(=O)NNc1ncnc(Nc2ccc(C(=O)OCC(C)C)cc2)c1[N+](=O)[O-]. The Kier molecular flexibility index (Phi) is 7.70. The first-order chi connectivity index (χ1) is 16.3. The number of benzene rings is 2. The number of aromatic nitrogens is 2. The summed E-state index contributed by atoms with van der Waals surface area (Å²) in [5.41, 5.74) is 6.42. The minimum absolute atomic E-state index is 0.0947. The van der Waals surface area contributed by atoms with E-state index in [2.05, 4.69) is 26.1 Å². The molecule has 3 N–H and O–H groups in total. The molecular weight excluding hydrogens is 440 g/mol. The number of hydrogen-bond acceptors (Lipinski definition) is 9. The fourth-order valence-corrected chi connectivity index (χ4v) is 2.90. The molecule has 0 aliphatic carbocycles. The van der Waals surface area contributed by atoms with Crippen LogP contribution in [0.4, 0.5) is 23.0 Å². The predicted octanol–water partition coefficient (Wildman–Crippen LogP) is 4.01. The molecule has 2 aromatic carbocycles. The number of nitrogens with one attached hydrogen (secondary N) is 3. The van der Waals surface area contributed by atoms with E-state index in [9.17, 15) is 19.7 Å². The fourth-order valence-electron chi connectivity index (χ4n) is 2.90.